The van der Waals surface area contributed by atoms with Gasteiger partial charge in [-0.25, -0.2) is 0 Å². The van der Waals surface area contributed by atoms with Gasteiger partial charge in [0.15, 0.2) is 6.61 Å². The lowest BCUT2D eigenvalue weighted by molar-refractivity contribution is -0.125. The van der Waals surface area contributed by atoms with Gasteiger partial charge in [0.1, 0.15) is 0 Å². The Balaban J connectivity index is 1.68. The summed E-state index contributed by atoms with van der Waals surface area (Å²) in [4.78, 5) is 17.4. The first-order chi connectivity index (χ1) is 9.74. The van der Waals surface area contributed by atoms with Gasteiger partial charge in [-0.15, -0.1) is 11.3 Å². The van der Waals surface area contributed by atoms with Crippen molar-refractivity contribution in [3.05, 3.63) is 57.2 Å². The predicted octanol–water partition coefficient (Wildman–Crippen LogP) is 3.07. The molecule has 0 radical (unpaired) electrons. The van der Waals surface area contributed by atoms with Crippen molar-refractivity contribution in [1.29, 1.82) is 0 Å². The molecule has 0 aliphatic heterocycles. The fourth-order valence-electron chi connectivity index (χ4n) is 1.45. The number of nitrogens with one attached hydrogen (secondary N) is 1. The van der Waals surface area contributed by atoms with Gasteiger partial charge in [-0.1, -0.05) is 35.0 Å². The summed E-state index contributed by atoms with van der Waals surface area (Å²) in [7, 11) is 0. The quantitative estimate of drug-likeness (QED) is 0.658. The summed E-state index contributed by atoms with van der Waals surface area (Å²) in [6.45, 7) is 0.305. The summed E-state index contributed by atoms with van der Waals surface area (Å²) in [5.41, 5.74) is 0.938. The number of thiophene rings is 1. The Morgan fingerprint density at radius 3 is 3.05 bits per heavy atom. The maximum Gasteiger partial charge on any atom is 0.261 e. The molecule has 1 heterocycles. The van der Waals surface area contributed by atoms with Crippen LogP contribution in [0.3, 0.4) is 0 Å². The molecule has 104 valence electrons. The normalized spacial score (nSPS) is 10.7. The molecule has 0 fully saturated rings. The second kappa shape index (κ2) is 7.67. The molecule has 0 spiro atoms. The highest BCUT2D eigenvalue weighted by Gasteiger charge is 2.01. The van der Waals surface area contributed by atoms with E-state index < -0.39 is 0 Å². The summed E-state index contributed by atoms with van der Waals surface area (Å²) < 4.78 is 0. The Morgan fingerprint density at radius 2 is 2.30 bits per heavy atom. The highest BCUT2D eigenvalue weighted by atomic mass is 35.5. The van der Waals surface area contributed by atoms with E-state index >= 15 is 0 Å². The monoisotopic (exact) mass is 308 g/mol. The first kappa shape index (κ1) is 14.6. The van der Waals surface area contributed by atoms with Crippen molar-refractivity contribution < 1.29 is 9.63 Å². The van der Waals surface area contributed by atoms with Gasteiger partial charge in [0, 0.05) is 16.4 Å². The number of carbonyl (C=O) groups is 1. The summed E-state index contributed by atoms with van der Waals surface area (Å²) >= 11 is 7.40. The highest BCUT2D eigenvalue weighted by Crippen LogP contribution is 2.10. The smallest absolute Gasteiger partial charge is 0.261 e. The Morgan fingerprint density at radius 1 is 1.40 bits per heavy atom. The van der Waals surface area contributed by atoms with Crippen LogP contribution < -0.4 is 5.32 Å². The largest absolute Gasteiger partial charge is 0.386 e. The van der Waals surface area contributed by atoms with Gasteiger partial charge in [0.2, 0.25) is 0 Å². The SMILES string of the molecule is O=C(CO/N=C/c1cccs1)NCc1cccc(Cl)c1. The number of rotatable bonds is 6. The molecule has 1 amide bonds. The molecule has 0 saturated carbocycles. The number of halogens is 1. The van der Waals surface area contributed by atoms with Gasteiger partial charge in [0.05, 0.1) is 6.21 Å². The molecular weight excluding hydrogens is 296 g/mol. The zero-order valence-electron chi connectivity index (χ0n) is 10.6. The number of hydrogen-bond acceptors (Lipinski definition) is 4. The lowest BCUT2D eigenvalue weighted by Gasteiger charge is -2.04. The molecule has 1 aromatic carbocycles. The van der Waals surface area contributed by atoms with E-state index in [0.717, 1.165) is 10.4 Å². The zero-order valence-corrected chi connectivity index (χ0v) is 12.2. The van der Waals surface area contributed by atoms with Crippen LogP contribution in [0.2, 0.25) is 5.02 Å². The number of amides is 1. The van der Waals surface area contributed by atoms with Gasteiger partial charge >= 0.3 is 0 Å². The van der Waals surface area contributed by atoms with Gasteiger partial charge < -0.3 is 10.2 Å². The van der Waals surface area contributed by atoms with Gasteiger partial charge in [0.25, 0.3) is 5.91 Å². The molecule has 1 N–H and O–H groups in total. The maximum absolute atomic E-state index is 11.5. The number of oxime groups is 1. The Hall–Kier alpha value is -1.85. The lowest BCUT2D eigenvalue weighted by Crippen LogP contribution is -2.26. The molecule has 0 saturated heterocycles. The number of benzene rings is 1. The van der Waals surface area contributed by atoms with Crippen LogP contribution in [-0.2, 0) is 16.2 Å². The zero-order chi connectivity index (χ0) is 14.2. The minimum Gasteiger partial charge on any atom is -0.386 e. The molecule has 0 atom stereocenters. The van der Waals surface area contributed by atoms with Gasteiger partial charge in [-0.3, -0.25) is 4.79 Å². The average Bonchev–Trinajstić information content (AvgIpc) is 2.95. The number of carbonyl (C=O) groups excluding carboxylic acids is 1. The van der Waals surface area contributed by atoms with E-state index in [-0.39, 0.29) is 12.5 Å². The molecule has 2 aromatic rings. The molecule has 0 aliphatic carbocycles. The van der Waals surface area contributed by atoms with E-state index in [4.69, 9.17) is 16.4 Å². The fourth-order valence-corrected chi connectivity index (χ4v) is 2.24. The summed E-state index contributed by atoms with van der Waals surface area (Å²) in [6, 6.07) is 11.2. The fraction of sp³-hybridized carbons (Fsp3) is 0.143. The van der Waals surface area contributed by atoms with Crippen LogP contribution in [0.15, 0.2) is 46.9 Å². The minimum atomic E-state index is -0.228. The van der Waals surface area contributed by atoms with E-state index in [1.54, 1.807) is 29.7 Å². The van der Waals surface area contributed by atoms with E-state index in [9.17, 15) is 4.79 Å². The topological polar surface area (TPSA) is 50.7 Å². The molecule has 0 unspecified atom stereocenters. The summed E-state index contributed by atoms with van der Waals surface area (Å²) in [6.07, 6.45) is 1.58. The third kappa shape index (κ3) is 5.03. The standard InChI is InChI=1S/C14H13ClN2O2S/c15-12-4-1-3-11(7-12)8-16-14(18)10-19-17-9-13-5-2-6-20-13/h1-7,9H,8,10H2,(H,16,18)/b17-9+. The molecule has 4 nitrogen and oxygen atoms in total. The summed E-state index contributed by atoms with van der Waals surface area (Å²) in [5, 5.41) is 9.04. The molecule has 20 heavy (non-hydrogen) atoms. The van der Waals surface area contributed by atoms with Crippen LogP contribution in [0.5, 0.6) is 0 Å². The van der Waals surface area contributed by atoms with E-state index in [2.05, 4.69) is 10.5 Å². The third-order valence-corrected chi connectivity index (χ3v) is 3.41. The Labute approximate surface area is 126 Å². The minimum absolute atomic E-state index is 0.109. The second-order valence-corrected chi connectivity index (χ2v) is 5.35. The maximum atomic E-state index is 11.5. The number of nitrogens with zero attached hydrogens (tertiary/aromatic N) is 1. The van der Waals surface area contributed by atoms with Crippen LogP contribution in [0.25, 0.3) is 0 Å². The van der Waals surface area contributed by atoms with Crippen molar-refractivity contribution in [2.45, 2.75) is 6.54 Å². The predicted molar refractivity (Wildman–Crippen MR) is 81.2 cm³/mol. The van der Waals surface area contributed by atoms with E-state index in [1.807, 2.05) is 29.6 Å². The van der Waals surface area contributed by atoms with Gasteiger partial charge in [-0.05, 0) is 29.1 Å². The van der Waals surface area contributed by atoms with Crippen LogP contribution >= 0.6 is 22.9 Å². The van der Waals surface area contributed by atoms with Crippen molar-refractivity contribution in [2.75, 3.05) is 6.61 Å². The molecular formula is C14H13ClN2O2S. The first-order valence-electron chi connectivity index (χ1n) is 5.94. The number of hydrogen-bond donors (Lipinski definition) is 1. The third-order valence-electron chi connectivity index (χ3n) is 2.37. The van der Waals surface area contributed by atoms with E-state index in [1.165, 1.54) is 0 Å². The van der Waals surface area contributed by atoms with Crippen molar-refractivity contribution in [2.24, 2.45) is 5.16 Å². The van der Waals surface area contributed by atoms with Crippen molar-refractivity contribution in [3.63, 3.8) is 0 Å². The second-order valence-electron chi connectivity index (χ2n) is 3.93. The lowest BCUT2D eigenvalue weighted by atomic mass is 10.2. The summed E-state index contributed by atoms with van der Waals surface area (Å²) in [5.74, 6) is -0.228. The van der Waals surface area contributed by atoms with Crippen molar-refractivity contribution in [3.8, 4) is 0 Å². The molecule has 2 rings (SSSR count). The Kier molecular flexibility index (Phi) is 5.58. The van der Waals surface area contributed by atoms with Crippen molar-refractivity contribution in [1.82, 2.24) is 5.32 Å². The molecule has 6 heteroatoms. The van der Waals surface area contributed by atoms with Crippen LogP contribution in [0.1, 0.15) is 10.4 Å². The first-order valence-corrected chi connectivity index (χ1v) is 7.20. The van der Waals surface area contributed by atoms with Crippen LogP contribution in [-0.4, -0.2) is 18.7 Å². The average molecular weight is 309 g/mol. The van der Waals surface area contributed by atoms with Crippen molar-refractivity contribution >= 4 is 35.1 Å². The van der Waals surface area contributed by atoms with E-state index in [0.29, 0.717) is 11.6 Å². The Bertz CT molecular complexity index is 585. The molecule has 0 aliphatic rings. The molecule has 0 bridgehead atoms. The van der Waals surface area contributed by atoms with Gasteiger partial charge in [-0.2, -0.15) is 0 Å². The van der Waals surface area contributed by atoms with Crippen LogP contribution in [0, 0.1) is 0 Å². The van der Waals surface area contributed by atoms with Crippen LogP contribution in [0.4, 0.5) is 0 Å². The molecule has 1 aromatic heterocycles. The highest BCUT2D eigenvalue weighted by molar-refractivity contribution is 7.11.